The zero-order chi connectivity index (χ0) is 21.3. The van der Waals surface area contributed by atoms with Crippen LogP contribution < -0.4 is 9.80 Å². The van der Waals surface area contributed by atoms with Crippen LogP contribution in [0.1, 0.15) is 0 Å². The number of nitrogens with zero attached hydrogens (tertiary/aromatic N) is 2. The molecule has 8 nitrogen and oxygen atoms in total. The molecule has 0 N–H and O–H groups in total. The van der Waals surface area contributed by atoms with E-state index in [1.807, 2.05) is 9.80 Å². The Morgan fingerprint density at radius 3 is 1.10 bits per heavy atom. The van der Waals surface area contributed by atoms with E-state index in [2.05, 4.69) is 0 Å². The minimum atomic E-state index is -3.64. The monoisotopic (exact) mass is 424 g/mol. The molecule has 0 atom stereocenters. The maximum absolute atomic E-state index is 13.0. The number of anilines is 2. The number of sulfone groups is 1. The summed E-state index contributed by atoms with van der Waals surface area (Å²) in [6.45, 7) is 1.34. The van der Waals surface area contributed by atoms with E-state index < -0.39 is 9.84 Å². The van der Waals surface area contributed by atoms with Crippen LogP contribution in [-0.2, 0) is 28.8 Å². The summed E-state index contributed by atoms with van der Waals surface area (Å²) in [6, 6.07) is 13.3. The molecule has 9 heteroatoms. The SMILES string of the molecule is COCN(COC)c1ccc(S(=O)(=O)c2ccc(N(COC)COC)cc2)cc1. The van der Waals surface area contributed by atoms with Gasteiger partial charge in [-0.2, -0.15) is 0 Å². The Labute approximate surface area is 172 Å². The van der Waals surface area contributed by atoms with Crippen molar-refractivity contribution in [3.63, 3.8) is 0 Å². The van der Waals surface area contributed by atoms with E-state index >= 15 is 0 Å². The molecule has 0 aliphatic heterocycles. The lowest BCUT2D eigenvalue weighted by Gasteiger charge is -2.23. The molecule has 2 aromatic rings. The summed E-state index contributed by atoms with van der Waals surface area (Å²) in [4.78, 5) is 4.11. The van der Waals surface area contributed by atoms with Crippen molar-refractivity contribution in [3.8, 4) is 0 Å². The highest BCUT2D eigenvalue weighted by molar-refractivity contribution is 7.91. The minimum absolute atomic E-state index is 0.217. The molecule has 0 heterocycles. The minimum Gasteiger partial charge on any atom is -0.364 e. The first-order valence-electron chi connectivity index (χ1n) is 8.88. The van der Waals surface area contributed by atoms with Gasteiger partial charge >= 0.3 is 0 Å². The predicted molar refractivity (Wildman–Crippen MR) is 111 cm³/mol. The summed E-state index contributed by atoms with van der Waals surface area (Å²) in [6.07, 6.45) is 0. The Balaban J connectivity index is 2.23. The Morgan fingerprint density at radius 1 is 0.586 bits per heavy atom. The summed E-state index contributed by atoms with van der Waals surface area (Å²) in [5.41, 5.74) is 1.61. The molecule has 29 heavy (non-hydrogen) atoms. The molecule has 2 rings (SSSR count). The van der Waals surface area contributed by atoms with Gasteiger partial charge < -0.3 is 28.7 Å². The standard InChI is InChI=1S/C20H28N2O6S/c1-25-13-21(14-26-2)17-5-9-19(10-6-17)29(23,24)20-11-7-18(8-12-20)22(15-27-3)16-28-4/h5-12H,13-16H2,1-4H3. The highest BCUT2D eigenvalue weighted by Gasteiger charge is 2.19. The summed E-state index contributed by atoms with van der Waals surface area (Å²) < 4.78 is 46.5. The van der Waals surface area contributed by atoms with Gasteiger partial charge in [0.2, 0.25) is 9.84 Å². The van der Waals surface area contributed by atoms with Gasteiger partial charge in [-0.1, -0.05) is 0 Å². The van der Waals surface area contributed by atoms with Crippen LogP contribution in [0.2, 0.25) is 0 Å². The lowest BCUT2D eigenvalue weighted by atomic mass is 10.3. The lowest BCUT2D eigenvalue weighted by molar-refractivity contribution is 0.140. The molecular formula is C20H28N2O6S. The van der Waals surface area contributed by atoms with Crippen LogP contribution in [0.15, 0.2) is 58.3 Å². The molecule has 0 aliphatic carbocycles. The van der Waals surface area contributed by atoms with E-state index in [0.29, 0.717) is 26.9 Å². The first-order chi connectivity index (χ1) is 14.0. The Bertz CT molecular complexity index is 763. The van der Waals surface area contributed by atoms with Crippen LogP contribution in [0.5, 0.6) is 0 Å². The Kier molecular flexibility index (Phi) is 8.87. The number of hydrogen-bond acceptors (Lipinski definition) is 8. The second kappa shape index (κ2) is 11.1. The van der Waals surface area contributed by atoms with Gasteiger partial charge in [0.05, 0.1) is 9.79 Å². The number of benzene rings is 2. The van der Waals surface area contributed by atoms with Crippen LogP contribution in [0.3, 0.4) is 0 Å². The molecule has 0 fully saturated rings. The summed E-state index contributed by atoms with van der Waals surface area (Å²) >= 11 is 0. The molecule has 0 amide bonds. The normalized spacial score (nSPS) is 11.4. The number of hydrogen-bond donors (Lipinski definition) is 0. The van der Waals surface area contributed by atoms with E-state index in [1.165, 1.54) is 0 Å². The summed E-state index contributed by atoms with van der Waals surface area (Å²) in [5.74, 6) is 0. The van der Waals surface area contributed by atoms with Crippen molar-refractivity contribution in [1.82, 2.24) is 0 Å². The number of methoxy groups -OCH3 is 4. The van der Waals surface area contributed by atoms with E-state index in [-0.39, 0.29) is 9.79 Å². The fraction of sp³-hybridized carbons (Fsp3) is 0.400. The summed E-state index contributed by atoms with van der Waals surface area (Å²) in [5, 5.41) is 0. The van der Waals surface area contributed by atoms with Gasteiger partial charge in [-0.3, -0.25) is 0 Å². The number of rotatable bonds is 12. The van der Waals surface area contributed by atoms with Crippen molar-refractivity contribution in [3.05, 3.63) is 48.5 Å². The maximum Gasteiger partial charge on any atom is 0.206 e. The van der Waals surface area contributed by atoms with E-state index in [4.69, 9.17) is 18.9 Å². The third-order valence-electron chi connectivity index (χ3n) is 4.16. The first-order valence-corrected chi connectivity index (χ1v) is 10.4. The predicted octanol–water partition coefficient (Wildman–Crippen LogP) is 2.55. The third-order valence-corrected chi connectivity index (χ3v) is 5.95. The smallest absolute Gasteiger partial charge is 0.206 e. The van der Waals surface area contributed by atoms with Crippen LogP contribution in [0.25, 0.3) is 0 Å². The zero-order valence-electron chi connectivity index (χ0n) is 17.2. The average molecular weight is 425 g/mol. The van der Waals surface area contributed by atoms with Crippen LogP contribution in [-0.4, -0.2) is 63.8 Å². The van der Waals surface area contributed by atoms with Crippen LogP contribution in [0.4, 0.5) is 11.4 Å². The second-order valence-electron chi connectivity index (χ2n) is 6.24. The molecule has 0 spiro atoms. The first kappa shape index (κ1) is 23.1. The molecule has 0 radical (unpaired) electrons. The van der Waals surface area contributed by atoms with Gasteiger partial charge in [-0.25, -0.2) is 8.42 Å². The van der Waals surface area contributed by atoms with Crippen molar-refractivity contribution >= 4 is 21.2 Å². The van der Waals surface area contributed by atoms with E-state index in [0.717, 1.165) is 11.4 Å². The third kappa shape index (κ3) is 5.91. The second-order valence-corrected chi connectivity index (χ2v) is 8.19. The highest BCUT2D eigenvalue weighted by atomic mass is 32.2. The van der Waals surface area contributed by atoms with E-state index in [9.17, 15) is 8.42 Å². The molecule has 2 aromatic carbocycles. The van der Waals surface area contributed by atoms with Gasteiger partial charge in [-0.05, 0) is 48.5 Å². The van der Waals surface area contributed by atoms with Crippen molar-refractivity contribution in [1.29, 1.82) is 0 Å². The maximum atomic E-state index is 13.0. The van der Waals surface area contributed by atoms with Gasteiger partial charge in [-0.15, -0.1) is 0 Å². The van der Waals surface area contributed by atoms with Gasteiger partial charge in [0, 0.05) is 39.8 Å². The molecule has 0 saturated carbocycles. The molecule has 0 aliphatic rings. The van der Waals surface area contributed by atoms with Crippen LogP contribution in [0, 0.1) is 0 Å². The number of ether oxygens (including phenoxy) is 4. The Hall–Kier alpha value is -2.17. The van der Waals surface area contributed by atoms with Gasteiger partial charge in [0.25, 0.3) is 0 Å². The van der Waals surface area contributed by atoms with Crippen LogP contribution >= 0.6 is 0 Å². The van der Waals surface area contributed by atoms with Crippen molar-refractivity contribution in [2.75, 3.05) is 65.2 Å². The van der Waals surface area contributed by atoms with Crippen molar-refractivity contribution < 1.29 is 27.4 Å². The molecule has 0 aromatic heterocycles. The highest BCUT2D eigenvalue weighted by Crippen LogP contribution is 2.26. The largest absolute Gasteiger partial charge is 0.364 e. The van der Waals surface area contributed by atoms with Crippen molar-refractivity contribution in [2.45, 2.75) is 9.79 Å². The zero-order valence-corrected chi connectivity index (χ0v) is 18.0. The molecule has 160 valence electrons. The Morgan fingerprint density at radius 2 is 0.862 bits per heavy atom. The molecule has 0 unspecified atom stereocenters. The van der Waals surface area contributed by atoms with E-state index in [1.54, 1.807) is 77.0 Å². The molecule has 0 saturated heterocycles. The summed E-state index contributed by atoms with van der Waals surface area (Å²) in [7, 11) is 2.72. The fourth-order valence-electron chi connectivity index (χ4n) is 2.80. The molecular weight excluding hydrogens is 396 g/mol. The molecule has 0 bridgehead atoms. The van der Waals surface area contributed by atoms with Crippen molar-refractivity contribution in [2.24, 2.45) is 0 Å². The fourth-order valence-corrected chi connectivity index (χ4v) is 4.07. The lowest BCUT2D eigenvalue weighted by Crippen LogP contribution is -2.27. The average Bonchev–Trinajstić information content (AvgIpc) is 2.74. The topological polar surface area (TPSA) is 77.5 Å². The quantitative estimate of drug-likeness (QED) is 0.481. The van der Waals surface area contributed by atoms with Gasteiger partial charge in [0.15, 0.2) is 0 Å². The van der Waals surface area contributed by atoms with Gasteiger partial charge in [0.1, 0.15) is 26.9 Å².